The van der Waals surface area contributed by atoms with Gasteiger partial charge in [-0.1, -0.05) is 35.5 Å². The summed E-state index contributed by atoms with van der Waals surface area (Å²) in [6, 6.07) is 13.2. The van der Waals surface area contributed by atoms with E-state index in [0.717, 1.165) is 15.7 Å². The topological polar surface area (TPSA) is 77.3 Å². The Kier molecular flexibility index (Phi) is 5.37. The summed E-state index contributed by atoms with van der Waals surface area (Å²) in [5.41, 5.74) is 3.30. The number of aromatic nitrogens is 2. The summed E-state index contributed by atoms with van der Waals surface area (Å²) in [6.07, 6.45) is -0.962. The number of nitrogens with one attached hydrogen (secondary N) is 1. The van der Waals surface area contributed by atoms with Crippen molar-refractivity contribution in [2.75, 3.05) is 5.32 Å². The van der Waals surface area contributed by atoms with E-state index in [1.807, 2.05) is 50.2 Å². The molecular formula is C19H18BrN3O3. The lowest BCUT2D eigenvalue weighted by molar-refractivity contribution is 0.121. The second-order valence-corrected chi connectivity index (χ2v) is 6.67. The van der Waals surface area contributed by atoms with Crippen molar-refractivity contribution in [2.24, 2.45) is 0 Å². The van der Waals surface area contributed by atoms with E-state index in [4.69, 9.17) is 9.26 Å². The average molecular weight is 416 g/mol. The van der Waals surface area contributed by atoms with Crippen LogP contribution < -0.4 is 5.32 Å². The van der Waals surface area contributed by atoms with E-state index in [2.05, 4.69) is 31.4 Å². The van der Waals surface area contributed by atoms with Gasteiger partial charge in [0.25, 0.3) is 0 Å². The Hall–Kier alpha value is -2.67. The minimum atomic E-state index is -0.581. The van der Waals surface area contributed by atoms with Gasteiger partial charge in [-0.2, -0.15) is 0 Å². The van der Waals surface area contributed by atoms with E-state index in [0.29, 0.717) is 22.8 Å². The molecule has 2 aromatic heterocycles. The quantitative estimate of drug-likeness (QED) is 0.614. The maximum absolute atomic E-state index is 12.3. The largest absolute Gasteiger partial charge is 0.441 e. The average Bonchev–Trinajstić information content (AvgIpc) is 2.98. The number of hydrogen-bond acceptors (Lipinski definition) is 5. The third-order valence-corrected chi connectivity index (χ3v) is 4.73. The van der Waals surface area contributed by atoms with Gasteiger partial charge < -0.3 is 9.26 Å². The lowest BCUT2D eigenvalue weighted by Gasteiger charge is -2.14. The molecule has 0 spiro atoms. The van der Waals surface area contributed by atoms with Gasteiger partial charge in [-0.05, 0) is 54.4 Å². The molecule has 0 bridgehead atoms. The molecule has 0 radical (unpaired) electrons. The van der Waals surface area contributed by atoms with Crippen molar-refractivity contribution >= 4 is 27.7 Å². The minimum absolute atomic E-state index is 0.382. The lowest BCUT2D eigenvalue weighted by Crippen LogP contribution is -2.16. The van der Waals surface area contributed by atoms with Crippen LogP contribution in [0.4, 0.5) is 10.5 Å². The monoisotopic (exact) mass is 415 g/mol. The normalized spacial score (nSPS) is 11.8. The van der Waals surface area contributed by atoms with Gasteiger partial charge in [0.1, 0.15) is 23.2 Å². The van der Waals surface area contributed by atoms with Gasteiger partial charge in [-0.15, -0.1) is 0 Å². The first-order valence-electron chi connectivity index (χ1n) is 8.08. The molecule has 1 N–H and O–H groups in total. The molecule has 26 heavy (non-hydrogen) atoms. The Morgan fingerprint density at radius 3 is 2.58 bits per heavy atom. The molecule has 0 aliphatic heterocycles. The third kappa shape index (κ3) is 3.94. The van der Waals surface area contributed by atoms with Crippen LogP contribution in [-0.2, 0) is 4.74 Å². The smallest absolute Gasteiger partial charge is 0.412 e. The first-order valence-corrected chi connectivity index (χ1v) is 8.87. The molecule has 1 atom stereocenters. The van der Waals surface area contributed by atoms with Gasteiger partial charge in [0, 0.05) is 4.47 Å². The highest BCUT2D eigenvalue weighted by Gasteiger charge is 2.21. The van der Waals surface area contributed by atoms with Gasteiger partial charge in [0.05, 0.1) is 5.69 Å². The zero-order valence-electron chi connectivity index (χ0n) is 14.6. The van der Waals surface area contributed by atoms with E-state index in [1.165, 1.54) is 0 Å². The number of benzene rings is 1. The molecule has 0 saturated carbocycles. The summed E-state index contributed by atoms with van der Waals surface area (Å²) in [6.45, 7) is 5.44. The summed E-state index contributed by atoms with van der Waals surface area (Å²) in [7, 11) is 0. The van der Waals surface area contributed by atoms with E-state index < -0.39 is 6.09 Å². The molecule has 0 fully saturated rings. The second-order valence-electron chi connectivity index (χ2n) is 5.82. The van der Waals surface area contributed by atoms with Crippen molar-refractivity contribution in [3.8, 4) is 11.5 Å². The molecule has 1 aromatic carbocycles. The van der Waals surface area contributed by atoms with Crippen molar-refractivity contribution in [2.45, 2.75) is 26.9 Å². The van der Waals surface area contributed by atoms with Crippen LogP contribution in [0.1, 0.15) is 30.0 Å². The zero-order valence-corrected chi connectivity index (χ0v) is 16.2. The predicted molar refractivity (Wildman–Crippen MR) is 102 cm³/mol. The van der Waals surface area contributed by atoms with E-state index in [-0.39, 0.29) is 6.10 Å². The fourth-order valence-corrected chi connectivity index (χ4v) is 2.67. The number of ether oxygens (including phenoxy) is 1. The lowest BCUT2D eigenvalue weighted by atomic mass is 10.1. The second kappa shape index (κ2) is 7.70. The van der Waals surface area contributed by atoms with Crippen molar-refractivity contribution in [3.63, 3.8) is 0 Å². The zero-order chi connectivity index (χ0) is 18.7. The summed E-state index contributed by atoms with van der Waals surface area (Å²) in [4.78, 5) is 16.8. The number of nitrogens with zero attached hydrogens (tertiary/aromatic N) is 2. The molecule has 0 aliphatic carbocycles. The van der Waals surface area contributed by atoms with Gasteiger partial charge in [-0.25, -0.2) is 9.78 Å². The Morgan fingerprint density at radius 2 is 1.88 bits per heavy atom. The number of hydrogen-bond donors (Lipinski definition) is 1. The minimum Gasteiger partial charge on any atom is -0.441 e. The molecule has 7 heteroatoms. The summed E-state index contributed by atoms with van der Waals surface area (Å²) >= 11 is 3.42. The molecule has 6 nitrogen and oxygen atoms in total. The van der Waals surface area contributed by atoms with Crippen LogP contribution in [0, 0.1) is 13.8 Å². The first kappa shape index (κ1) is 18.1. The molecule has 3 aromatic rings. The third-order valence-electron chi connectivity index (χ3n) is 3.90. The number of carbonyl (C=O) groups is 1. The number of amides is 1. The first-order chi connectivity index (χ1) is 12.5. The van der Waals surface area contributed by atoms with Crippen molar-refractivity contribution in [3.05, 3.63) is 63.9 Å². The van der Waals surface area contributed by atoms with Crippen LogP contribution in [0.3, 0.4) is 0 Å². The fraction of sp³-hybridized carbons (Fsp3) is 0.211. The SMILES string of the molecule is Cc1nc(-c2onc(C)c2NC(=O)OC(C)c2ccccc2)ccc1Br. The standard InChI is InChI=1S/C19H18BrN3O3/c1-11-15(20)9-10-16(21-11)18-17(12(2)23-26-18)22-19(24)25-13(3)14-7-5-4-6-8-14/h4-10,13H,1-3H3,(H,22,24). The fourth-order valence-electron chi connectivity index (χ4n) is 2.45. The van der Waals surface area contributed by atoms with Crippen molar-refractivity contribution in [1.29, 1.82) is 0 Å². The van der Waals surface area contributed by atoms with Crippen molar-refractivity contribution in [1.82, 2.24) is 10.1 Å². The number of aryl methyl sites for hydroxylation is 2. The number of rotatable bonds is 4. The van der Waals surface area contributed by atoms with Crippen LogP contribution in [-0.4, -0.2) is 16.2 Å². The number of carbonyl (C=O) groups excluding carboxylic acids is 1. The highest BCUT2D eigenvalue weighted by atomic mass is 79.9. The van der Waals surface area contributed by atoms with E-state index in [1.54, 1.807) is 13.0 Å². The molecule has 134 valence electrons. The van der Waals surface area contributed by atoms with E-state index in [9.17, 15) is 4.79 Å². The maximum atomic E-state index is 12.3. The van der Waals surface area contributed by atoms with Crippen LogP contribution in [0.15, 0.2) is 51.5 Å². The molecule has 0 aliphatic rings. The Morgan fingerprint density at radius 1 is 1.15 bits per heavy atom. The molecule has 1 unspecified atom stereocenters. The van der Waals surface area contributed by atoms with Gasteiger partial charge in [0.15, 0.2) is 0 Å². The van der Waals surface area contributed by atoms with Crippen molar-refractivity contribution < 1.29 is 14.1 Å². The van der Waals surface area contributed by atoms with Gasteiger partial charge >= 0.3 is 6.09 Å². The molecule has 1 amide bonds. The Bertz CT molecular complexity index is 925. The summed E-state index contributed by atoms with van der Waals surface area (Å²) in [5, 5.41) is 6.66. The molecule has 0 saturated heterocycles. The molecule has 3 rings (SSSR count). The van der Waals surface area contributed by atoms with Crippen LogP contribution in [0.2, 0.25) is 0 Å². The molecular weight excluding hydrogens is 398 g/mol. The summed E-state index contributed by atoms with van der Waals surface area (Å²) in [5.74, 6) is 0.391. The van der Waals surface area contributed by atoms with E-state index >= 15 is 0 Å². The van der Waals surface area contributed by atoms with Crippen LogP contribution >= 0.6 is 15.9 Å². The van der Waals surface area contributed by atoms with Gasteiger partial charge in [-0.3, -0.25) is 5.32 Å². The highest BCUT2D eigenvalue weighted by molar-refractivity contribution is 9.10. The predicted octanol–water partition coefficient (Wildman–Crippen LogP) is 5.43. The number of anilines is 1. The molecule has 2 heterocycles. The Labute approximate surface area is 159 Å². The van der Waals surface area contributed by atoms with Crippen LogP contribution in [0.25, 0.3) is 11.5 Å². The van der Waals surface area contributed by atoms with Gasteiger partial charge in [0.2, 0.25) is 5.76 Å². The Balaban J connectivity index is 1.78. The summed E-state index contributed by atoms with van der Waals surface area (Å²) < 4.78 is 11.7. The number of halogens is 1. The van der Waals surface area contributed by atoms with Crippen LogP contribution in [0.5, 0.6) is 0 Å². The highest BCUT2D eigenvalue weighted by Crippen LogP contribution is 2.31. The maximum Gasteiger partial charge on any atom is 0.412 e. The number of pyridine rings is 1.